The normalized spacial score (nSPS) is 25.9. The molecule has 420 valence electrons. The van der Waals surface area contributed by atoms with Crippen molar-refractivity contribution in [2.45, 2.75) is 293 Å². The van der Waals surface area contributed by atoms with Crippen LogP contribution in [0, 0.1) is 0 Å². The number of unbranched alkanes of at least 4 members (excludes halogenated alkanes) is 26. The van der Waals surface area contributed by atoms with Gasteiger partial charge in [0.1, 0.15) is 48.8 Å². The van der Waals surface area contributed by atoms with E-state index in [1.165, 1.54) is 135 Å². The molecular weight excluding hydrogens is 919 g/mol. The molecule has 0 aromatic rings. The van der Waals surface area contributed by atoms with E-state index in [-0.39, 0.29) is 18.9 Å². The summed E-state index contributed by atoms with van der Waals surface area (Å²) in [4.78, 5) is 13.2. The molecule has 1 amide bonds. The van der Waals surface area contributed by atoms with Gasteiger partial charge in [0, 0.05) is 6.42 Å². The third-order valence-electron chi connectivity index (χ3n) is 14.0. The fourth-order valence-corrected chi connectivity index (χ4v) is 9.28. The Labute approximate surface area is 435 Å². The number of rotatable bonds is 45. The number of aliphatic hydroxyl groups is 8. The van der Waals surface area contributed by atoms with Crippen molar-refractivity contribution in [1.82, 2.24) is 5.32 Å². The van der Waals surface area contributed by atoms with Gasteiger partial charge < -0.3 is 65.1 Å². The van der Waals surface area contributed by atoms with Crippen molar-refractivity contribution in [1.29, 1.82) is 0 Å². The van der Waals surface area contributed by atoms with Crippen molar-refractivity contribution >= 4 is 5.91 Å². The van der Waals surface area contributed by atoms with Gasteiger partial charge >= 0.3 is 0 Å². The Balaban J connectivity index is 1.81. The Morgan fingerprint density at radius 1 is 0.500 bits per heavy atom. The van der Waals surface area contributed by atoms with Crippen molar-refractivity contribution in [2.24, 2.45) is 0 Å². The molecule has 9 N–H and O–H groups in total. The zero-order valence-electron chi connectivity index (χ0n) is 44.9. The molecule has 2 aliphatic rings. The van der Waals surface area contributed by atoms with Crippen LogP contribution in [0.1, 0.15) is 219 Å². The Bertz CT molecular complexity index is 1390. The van der Waals surface area contributed by atoms with Crippen LogP contribution in [0.15, 0.2) is 48.6 Å². The standard InChI is InChI=1S/C58H105NO13/c1-3-5-7-9-11-13-15-17-19-21-23-24-25-27-29-31-33-35-37-39-41-47(62)46(59-50(63)42-40-38-36-34-32-30-28-26-22-20-18-16-14-12-10-8-6-4-2)45-69-57-55(68)53(66)56(49(44-61)71-57)72-58-54(67)52(65)51(64)48(43-60)70-58/h14,16,20,22,31,33,39,41,46-49,51-58,60-62,64-68H,3-13,15,17-19,21,23-30,32,34-38,40,42-45H2,1-2H3,(H,59,63)/b16-14-,22-20-,33-31+,41-39+. The highest BCUT2D eigenvalue weighted by molar-refractivity contribution is 5.76. The monoisotopic (exact) mass is 1020 g/mol. The van der Waals surface area contributed by atoms with Crippen LogP contribution in [0.25, 0.3) is 0 Å². The van der Waals surface area contributed by atoms with E-state index in [1.807, 2.05) is 6.08 Å². The molecule has 2 aliphatic heterocycles. The molecule has 0 radical (unpaired) electrons. The van der Waals surface area contributed by atoms with Gasteiger partial charge in [0.05, 0.1) is 32.0 Å². The van der Waals surface area contributed by atoms with Crippen molar-refractivity contribution in [3.8, 4) is 0 Å². The maximum Gasteiger partial charge on any atom is 0.220 e. The molecule has 2 rings (SSSR count). The fraction of sp³-hybridized carbons (Fsp3) is 0.845. The molecule has 14 nitrogen and oxygen atoms in total. The van der Waals surface area contributed by atoms with Gasteiger partial charge in [-0.05, 0) is 64.2 Å². The summed E-state index contributed by atoms with van der Waals surface area (Å²) in [5.74, 6) is -0.257. The maximum absolute atomic E-state index is 13.2. The van der Waals surface area contributed by atoms with E-state index >= 15 is 0 Å². The summed E-state index contributed by atoms with van der Waals surface area (Å²) < 4.78 is 22.7. The predicted molar refractivity (Wildman–Crippen MR) is 286 cm³/mol. The Kier molecular flexibility index (Phi) is 40.5. The highest BCUT2D eigenvalue weighted by atomic mass is 16.7. The van der Waals surface area contributed by atoms with Crippen LogP contribution >= 0.6 is 0 Å². The molecule has 12 unspecified atom stereocenters. The molecule has 2 heterocycles. The molecule has 0 aromatic heterocycles. The van der Waals surface area contributed by atoms with E-state index in [1.54, 1.807) is 6.08 Å². The van der Waals surface area contributed by atoms with Gasteiger partial charge in [-0.2, -0.15) is 0 Å². The van der Waals surface area contributed by atoms with Gasteiger partial charge in [0.25, 0.3) is 0 Å². The number of hydrogen-bond acceptors (Lipinski definition) is 13. The van der Waals surface area contributed by atoms with Crippen LogP contribution in [-0.4, -0.2) is 140 Å². The van der Waals surface area contributed by atoms with Gasteiger partial charge in [-0.25, -0.2) is 0 Å². The van der Waals surface area contributed by atoms with Crippen LogP contribution in [-0.2, 0) is 23.7 Å². The number of allylic oxidation sites excluding steroid dienone is 7. The lowest BCUT2D eigenvalue weighted by atomic mass is 9.97. The van der Waals surface area contributed by atoms with E-state index in [0.29, 0.717) is 12.8 Å². The molecule has 0 bridgehead atoms. The molecule has 0 aliphatic carbocycles. The van der Waals surface area contributed by atoms with Crippen LogP contribution in [0.3, 0.4) is 0 Å². The Morgan fingerprint density at radius 2 is 0.931 bits per heavy atom. The highest BCUT2D eigenvalue weighted by Gasteiger charge is 2.51. The lowest BCUT2D eigenvalue weighted by molar-refractivity contribution is -0.359. The molecule has 12 atom stereocenters. The van der Waals surface area contributed by atoms with Gasteiger partial charge in [0.15, 0.2) is 12.6 Å². The average molecular weight is 1020 g/mol. The zero-order valence-corrected chi connectivity index (χ0v) is 44.9. The first-order valence-electron chi connectivity index (χ1n) is 28.9. The summed E-state index contributed by atoms with van der Waals surface area (Å²) >= 11 is 0. The molecule has 0 saturated carbocycles. The molecule has 14 heteroatoms. The average Bonchev–Trinajstić information content (AvgIpc) is 3.38. The van der Waals surface area contributed by atoms with Gasteiger partial charge in [-0.3, -0.25) is 4.79 Å². The molecular formula is C58H105NO13. The zero-order chi connectivity index (χ0) is 52.4. The number of amides is 1. The van der Waals surface area contributed by atoms with Crippen molar-refractivity contribution in [3.05, 3.63) is 48.6 Å². The minimum atomic E-state index is -1.79. The lowest BCUT2D eigenvalue weighted by Crippen LogP contribution is -2.65. The van der Waals surface area contributed by atoms with Crippen LogP contribution < -0.4 is 5.32 Å². The Morgan fingerprint density at radius 3 is 1.46 bits per heavy atom. The molecule has 72 heavy (non-hydrogen) atoms. The van der Waals surface area contributed by atoms with Gasteiger partial charge in [-0.15, -0.1) is 0 Å². The van der Waals surface area contributed by atoms with Crippen molar-refractivity contribution in [2.75, 3.05) is 19.8 Å². The quantitative estimate of drug-likeness (QED) is 0.0205. The minimum absolute atomic E-state index is 0.257. The van der Waals surface area contributed by atoms with Crippen molar-refractivity contribution in [3.63, 3.8) is 0 Å². The highest BCUT2D eigenvalue weighted by Crippen LogP contribution is 2.30. The number of nitrogens with one attached hydrogen (secondary N) is 1. The van der Waals surface area contributed by atoms with Crippen LogP contribution in [0.5, 0.6) is 0 Å². The van der Waals surface area contributed by atoms with E-state index in [0.717, 1.165) is 51.4 Å². The first-order chi connectivity index (χ1) is 35.1. The van der Waals surface area contributed by atoms with E-state index in [9.17, 15) is 45.6 Å². The number of ether oxygens (including phenoxy) is 4. The smallest absolute Gasteiger partial charge is 0.220 e. The molecule has 0 spiro atoms. The number of carbonyl (C=O) groups is 1. The maximum atomic E-state index is 13.2. The second-order valence-corrected chi connectivity index (χ2v) is 20.4. The second-order valence-electron chi connectivity index (χ2n) is 20.4. The summed E-state index contributed by atoms with van der Waals surface area (Å²) in [6.45, 7) is 2.76. The largest absolute Gasteiger partial charge is 0.394 e. The van der Waals surface area contributed by atoms with Crippen molar-refractivity contribution < 1.29 is 64.6 Å². The summed E-state index contributed by atoms with van der Waals surface area (Å²) in [7, 11) is 0. The van der Waals surface area contributed by atoms with Gasteiger partial charge in [-0.1, -0.05) is 197 Å². The topological polar surface area (TPSA) is 228 Å². The number of hydrogen-bond donors (Lipinski definition) is 9. The Hall–Kier alpha value is -2.05. The SMILES string of the molecule is CCCCCC/C=C\C/C=C\CCCCCCCCCC(=O)NC(COC1OC(CO)C(OC2OC(CO)C(O)C(O)C2O)C(O)C1O)C(O)/C=C/CC/C=C/CCCCCCCCCCCCCCCC. The predicted octanol–water partition coefficient (Wildman–Crippen LogP) is 9.22. The fourth-order valence-electron chi connectivity index (χ4n) is 9.28. The summed E-state index contributed by atoms with van der Waals surface area (Å²) in [5.41, 5.74) is 0. The molecule has 2 fully saturated rings. The first kappa shape index (κ1) is 66.1. The molecule has 0 aromatic carbocycles. The second kappa shape index (κ2) is 44.1. The lowest BCUT2D eigenvalue weighted by Gasteiger charge is -2.46. The van der Waals surface area contributed by atoms with Crippen LogP contribution in [0.2, 0.25) is 0 Å². The first-order valence-corrected chi connectivity index (χ1v) is 28.9. The number of aliphatic hydroxyl groups excluding tert-OH is 8. The summed E-state index contributed by atoms with van der Waals surface area (Å²) in [6.07, 6.45) is 37.2. The van der Waals surface area contributed by atoms with Crippen LogP contribution in [0.4, 0.5) is 0 Å². The summed E-state index contributed by atoms with van der Waals surface area (Å²) in [5, 5.41) is 87.0. The van der Waals surface area contributed by atoms with Gasteiger partial charge in [0.2, 0.25) is 5.91 Å². The van der Waals surface area contributed by atoms with E-state index < -0.39 is 86.8 Å². The minimum Gasteiger partial charge on any atom is -0.394 e. The third-order valence-corrected chi connectivity index (χ3v) is 14.0. The van der Waals surface area contributed by atoms with E-state index in [4.69, 9.17) is 18.9 Å². The van der Waals surface area contributed by atoms with E-state index in [2.05, 4.69) is 55.6 Å². The third kappa shape index (κ3) is 29.9. The number of carbonyl (C=O) groups excluding carboxylic acids is 1. The molecule has 2 saturated heterocycles. The summed E-state index contributed by atoms with van der Waals surface area (Å²) in [6, 6.07) is -0.936.